The Balaban J connectivity index is 2.25. The van der Waals surface area contributed by atoms with Gasteiger partial charge in [0.2, 0.25) is 0 Å². The average molecular weight is 280 g/mol. The molecule has 20 heavy (non-hydrogen) atoms. The predicted octanol–water partition coefficient (Wildman–Crippen LogP) is 4.05. The van der Waals surface area contributed by atoms with Crippen molar-refractivity contribution in [2.75, 3.05) is 7.11 Å². The molecule has 0 aliphatic carbocycles. The van der Waals surface area contributed by atoms with Crippen molar-refractivity contribution >= 4 is 0 Å². The lowest BCUT2D eigenvalue weighted by atomic mass is 10.0. The average Bonchev–Trinajstić information content (AvgIpc) is 2.46. The van der Waals surface area contributed by atoms with Crippen LogP contribution in [0, 0.1) is 0 Å². The zero-order valence-electron chi connectivity index (χ0n) is 12.8. The molecule has 0 spiro atoms. The number of rotatable bonds is 10. The van der Waals surface area contributed by atoms with Gasteiger partial charge in [-0.1, -0.05) is 45.1 Å². The van der Waals surface area contributed by atoms with Gasteiger partial charge in [-0.25, -0.2) is 0 Å². The van der Waals surface area contributed by atoms with Crippen LogP contribution in [0.4, 0.5) is 0 Å². The molecule has 114 valence electrons. The van der Waals surface area contributed by atoms with Crippen molar-refractivity contribution in [3.63, 3.8) is 0 Å². The number of hydrogen-bond donors (Lipinski definition) is 2. The molecule has 0 heterocycles. The van der Waals surface area contributed by atoms with Gasteiger partial charge in [-0.2, -0.15) is 0 Å². The highest BCUT2D eigenvalue weighted by Gasteiger charge is 2.07. The van der Waals surface area contributed by atoms with Crippen LogP contribution in [-0.4, -0.2) is 23.4 Å². The molecule has 0 aliphatic heterocycles. The van der Waals surface area contributed by atoms with E-state index >= 15 is 0 Å². The number of hydrogen-bond acceptors (Lipinski definition) is 3. The Labute approximate surface area is 122 Å². The Bertz CT molecular complexity index is 376. The smallest absolute Gasteiger partial charge is 0.160 e. The number of unbranched alkanes of at least 4 members (excludes halogenated alkanes) is 4. The van der Waals surface area contributed by atoms with Gasteiger partial charge in [0.05, 0.1) is 13.2 Å². The molecule has 0 radical (unpaired) electrons. The number of aromatic hydroxyl groups is 1. The van der Waals surface area contributed by atoms with Crippen molar-refractivity contribution in [2.24, 2.45) is 0 Å². The third-order valence-corrected chi connectivity index (χ3v) is 3.65. The second-order valence-electron chi connectivity index (χ2n) is 5.40. The number of methoxy groups -OCH3 is 1. The molecule has 3 nitrogen and oxygen atoms in total. The van der Waals surface area contributed by atoms with E-state index in [4.69, 9.17) is 4.74 Å². The molecule has 1 aromatic carbocycles. The fourth-order valence-electron chi connectivity index (χ4n) is 2.34. The fraction of sp³-hybridized carbons (Fsp3) is 0.647. The van der Waals surface area contributed by atoms with Crippen LogP contribution >= 0.6 is 0 Å². The first-order chi connectivity index (χ1) is 9.67. The van der Waals surface area contributed by atoms with Crippen LogP contribution < -0.4 is 4.74 Å². The minimum Gasteiger partial charge on any atom is -0.504 e. The third-order valence-electron chi connectivity index (χ3n) is 3.65. The zero-order valence-corrected chi connectivity index (χ0v) is 12.8. The summed E-state index contributed by atoms with van der Waals surface area (Å²) in [7, 11) is 1.55. The second kappa shape index (κ2) is 9.65. The van der Waals surface area contributed by atoms with E-state index in [-0.39, 0.29) is 11.9 Å². The van der Waals surface area contributed by atoms with Crippen LogP contribution in [-0.2, 0) is 6.42 Å². The largest absolute Gasteiger partial charge is 0.504 e. The molecule has 0 amide bonds. The van der Waals surface area contributed by atoms with Crippen molar-refractivity contribution < 1.29 is 14.9 Å². The number of benzene rings is 1. The molecule has 1 aromatic rings. The van der Waals surface area contributed by atoms with Gasteiger partial charge in [0.15, 0.2) is 11.5 Å². The quantitative estimate of drug-likeness (QED) is 0.636. The van der Waals surface area contributed by atoms with Gasteiger partial charge in [-0.15, -0.1) is 0 Å². The van der Waals surface area contributed by atoms with Crippen LogP contribution in [0.25, 0.3) is 0 Å². The molecule has 0 aliphatic rings. The van der Waals surface area contributed by atoms with Gasteiger partial charge in [0, 0.05) is 0 Å². The van der Waals surface area contributed by atoms with Gasteiger partial charge in [-0.05, 0) is 37.0 Å². The molecule has 1 rings (SSSR count). The Kier molecular flexibility index (Phi) is 8.12. The number of aliphatic hydroxyl groups is 1. The van der Waals surface area contributed by atoms with Crippen molar-refractivity contribution in [1.82, 2.24) is 0 Å². The first kappa shape index (κ1) is 16.8. The molecule has 0 saturated carbocycles. The number of aliphatic hydroxyl groups excluding tert-OH is 1. The summed E-state index contributed by atoms with van der Waals surface area (Å²) in [6, 6.07) is 5.36. The molecule has 1 atom stereocenters. The van der Waals surface area contributed by atoms with Crippen LogP contribution in [0.2, 0.25) is 0 Å². The Morgan fingerprint density at radius 1 is 1.10 bits per heavy atom. The maximum atomic E-state index is 9.97. The molecule has 0 aromatic heterocycles. The highest BCUT2D eigenvalue weighted by molar-refractivity contribution is 5.41. The fourth-order valence-corrected chi connectivity index (χ4v) is 2.34. The second-order valence-corrected chi connectivity index (χ2v) is 5.40. The van der Waals surface area contributed by atoms with Crippen LogP contribution in [0.5, 0.6) is 11.5 Å². The lowest BCUT2D eigenvalue weighted by molar-refractivity contribution is 0.151. The molecule has 2 N–H and O–H groups in total. The molecule has 0 fully saturated rings. The summed E-state index contributed by atoms with van der Waals surface area (Å²) in [6.45, 7) is 2.21. The highest BCUT2D eigenvalue weighted by atomic mass is 16.5. The Morgan fingerprint density at radius 3 is 2.55 bits per heavy atom. The van der Waals surface area contributed by atoms with E-state index in [9.17, 15) is 10.2 Å². The van der Waals surface area contributed by atoms with E-state index in [1.807, 2.05) is 12.1 Å². The van der Waals surface area contributed by atoms with Gasteiger partial charge < -0.3 is 14.9 Å². The van der Waals surface area contributed by atoms with E-state index < -0.39 is 0 Å². The predicted molar refractivity (Wildman–Crippen MR) is 82.4 cm³/mol. The number of aryl methyl sites for hydroxylation is 1. The summed E-state index contributed by atoms with van der Waals surface area (Å²) in [5.41, 5.74) is 1.09. The van der Waals surface area contributed by atoms with Crippen molar-refractivity contribution in [3.05, 3.63) is 23.8 Å². The summed E-state index contributed by atoms with van der Waals surface area (Å²) in [5.74, 6) is 0.657. The van der Waals surface area contributed by atoms with E-state index in [0.29, 0.717) is 5.75 Å². The van der Waals surface area contributed by atoms with Gasteiger partial charge in [-0.3, -0.25) is 0 Å². The van der Waals surface area contributed by atoms with Crippen molar-refractivity contribution in [2.45, 2.75) is 64.4 Å². The standard InChI is InChI=1S/C17H28O3/c1-3-4-5-6-7-8-15(18)11-9-14-10-12-16(19)17(13-14)20-2/h10,12-13,15,18-19H,3-9,11H2,1-2H3. The van der Waals surface area contributed by atoms with Crippen LogP contribution in [0.3, 0.4) is 0 Å². The first-order valence-corrected chi connectivity index (χ1v) is 7.71. The number of phenols is 1. The summed E-state index contributed by atoms with van der Waals surface area (Å²) >= 11 is 0. The molecule has 0 bridgehead atoms. The number of phenolic OH excluding ortho intramolecular Hbond substituents is 1. The highest BCUT2D eigenvalue weighted by Crippen LogP contribution is 2.27. The van der Waals surface area contributed by atoms with Gasteiger partial charge in [0.25, 0.3) is 0 Å². The lowest BCUT2D eigenvalue weighted by Gasteiger charge is -2.11. The summed E-state index contributed by atoms with van der Waals surface area (Å²) in [5, 5.41) is 19.5. The molecule has 0 saturated heterocycles. The third kappa shape index (κ3) is 6.29. The number of ether oxygens (including phenoxy) is 1. The van der Waals surface area contributed by atoms with Crippen molar-refractivity contribution in [3.8, 4) is 11.5 Å². The maximum Gasteiger partial charge on any atom is 0.160 e. The minimum atomic E-state index is -0.226. The zero-order chi connectivity index (χ0) is 14.8. The minimum absolute atomic E-state index is 0.160. The SMILES string of the molecule is CCCCCCCC(O)CCc1ccc(O)c(OC)c1. The maximum absolute atomic E-state index is 9.97. The lowest BCUT2D eigenvalue weighted by Crippen LogP contribution is -2.07. The molecular formula is C17H28O3. The Morgan fingerprint density at radius 2 is 1.85 bits per heavy atom. The summed E-state index contributed by atoms with van der Waals surface area (Å²) in [6.07, 6.45) is 8.40. The Hall–Kier alpha value is -1.22. The summed E-state index contributed by atoms with van der Waals surface area (Å²) < 4.78 is 5.08. The summed E-state index contributed by atoms with van der Waals surface area (Å²) in [4.78, 5) is 0. The van der Waals surface area contributed by atoms with Gasteiger partial charge >= 0.3 is 0 Å². The first-order valence-electron chi connectivity index (χ1n) is 7.71. The van der Waals surface area contributed by atoms with E-state index in [2.05, 4.69) is 6.92 Å². The van der Waals surface area contributed by atoms with E-state index in [0.717, 1.165) is 31.2 Å². The van der Waals surface area contributed by atoms with Crippen LogP contribution in [0.1, 0.15) is 57.4 Å². The normalized spacial score (nSPS) is 12.3. The molecule has 3 heteroatoms. The van der Waals surface area contributed by atoms with E-state index in [1.165, 1.54) is 25.7 Å². The molecule has 1 unspecified atom stereocenters. The van der Waals surface area contributed by atoms with Crippen LogP contribution in [0.15, 0.2) is 18.2 Å². The topological polar surface area (TPSA) is 49.7 Å². The molecular weight excluding hydrogens is 252 g/mol. The monoisotopic (exact) mass is 280 g/mol. The van der Waals surface area contributed by atoms with Gasteiger partial charge in [0.1, 0.15) is 0 Å². The van der Waals surface area contributed by atoms with Crippen molar-refractivity contribution in [1.29, 1.82) is 0 Å². The van der Waals surface area contributed by atoms with E-state index in [1.54, 1.807) is 13.2 Å².